The van der Waals surface area contributed by atoms with Gasteiger partial charge in [0.05, 0.1) is 24.4 Å². The molecule has 3 atom stereocenters. The normalized spacial score (nSPS) is 31.7. The Hall–Kier alpha value is -0.860. The average molecular weight is 341 g/mol. The molecule has 0 spiro atoms. The molecule has 0 radical (unpaired) electrons. The van der Waals surface area contributed by atoms with Crippen molar-refractivity contribution in [2.24, 2.45) is 0 Å². The van der Waals surface area contributed by atoms with E-state index in [2.05, 4.69) is 34.3 Å². The number of thioether (sulfide) groups is 1. The number of tetrazole rings is 1. The standard InChI is InChI=1S/C15H27N5O2S/c1-4-12-8-19(9-13(5-2)22-12)14-16-17-18-20(14)10-15(21-3)6-7-23-11-15/h12-13H,4-11H2,1-3H3. The fourth-order valence-corrected chi connectivity index (χ4v) is 4.66. The lowest BCUT2D eigenvalue weighted by atomic mass is 10.0. The van der Waals surface area contributed by atoms with Crippen LogP contribution in [0.4, 0.5) is 5.95 Å². The third-order valence-corrected chi connectivity index (χ3v) is 6.10. The van der Waals surface area contributed by atoms with Crippen LogP contribution in [0.5, 0.6) is 0 Å². The van der Waals surface area contributed by atoms with Gasteiger partial charge in [-0.25, -0.2) is 4.68 Å². The Kier molecular flexibility index (Phi) is 5.43. The number of anilines is 1. The summed E-state index contributed by atoms with van der Waals surface area (Å²) in [7, 11) is 1.80. The van der Waals surface area contributed by atoms with Crippen LogP contribution in [0.15, 0.2) is 0 Å². The maximum absolute atomic E-state index is 6.08. The quantitative estimate of drug-likeness (QED) is 0.778. The van der Waals surface area contributed by atoms with Crippen LogP contribution in [0.1, 0.15) is 33.1 Å². The summed E-state index contributed by atoms with van der Waals surface area (Å²) in [6, 6.07) is 0. The second-order valence-electron chi connectivity index (χ2n) is 6.43. The molecule has 0 saturated carbocycles. The van der Waals surface area contributed by atoms with E-state index in [-0.39, 0.29) is 17.8 Å². The first-order chi connectivity index (χ1) is 11.2. The molecule has 0 aromatic carbocycles. The average Bonchev–Trinajstić information content (AvgIpc) is 3.24. The minimum Gasteiger partial charge on any atom is -0.375 e. The van der Waals surface area contributed by atoms with Crippen LogP contribution >= 0.6 is 11.8 Å². The van der Waals surface area contributed by atoms with Crippen molar-refractivity contribution in [3.05, 3.63) is 0 Å². The summed E-state index contributed by atoms with van der Waals surface area (Å²) in [5, 5.41) is 12.5. The zero-order valence-corrected chi connectivity index (χ0v) is 15.1. The lowest BCUT2D eigenvalue weighted by Gasteiger charge is -2.38. The highest BCUT2D eigenvalue weighted by Gasteiger charge is 2.37. The summed E-state index contributed by atoms with van der Waals surface area (Å²) in [5.74, 6) is 2.98. The van der Waals surface area contributed by atoms with Crippen molar-refractivity contribution < 1.29 is 9.47 Å². The molecule has 1 aromatic heterocycles. The van der Waals surface area contributed by atoms with E-state index in [0.29, 0.717) is 6.54 Å². The molecule has 0 amide bonds. The number of ether oxygens (including phenoxy) is 2. The van der Waals surface area contributed by atoms with Crippen LogP contribution < -0.4 is 4.90 Å². The third kappa shape index (κ3) is 3.64. The SMILES string of the molecule is CCC1CN(c2nnnn2CC2(OC)CCSC2)CC(CC)O1. The number of morpholine rings is 1. The molecule has 130 valence electrons. The maximum Gasteiger partial charge on any atom is 0.245 e. The first-order valence-electron chi connectivity index (χ1n) is 8.49. The Bertz CT molecular complexity index is 494. The molecular formula is C15H27N5O2S. The van der Waals surface area contributed by atoms with Gasteiger partial charge in [0.1, 0.15) is 0 Å². The number of nitrogens with zero attached hydrogens (tertiary/aromatic N) is 5. The predicted molar refractivity (Wildman–Crippen MR) is 91.0 cm³/mol. The molecule has 2 aliphatic heterocycles. The molecule has 0 bridgehead atoms. The fourth-order valence-electron chi connectivity index (χ4n) is 3.28. The lowest BCUT2D eigenvalue weighted by molar-refractivity contribution is -0.0300. The van der Waals surface area contributed by atoms with Crippen molar-refractivity contribution in [3.63, 3.8) is 0 Å². The molecule has 2 saturated heterocycles. The minimum absolute atomic E-state index is 0.143. The molecule has 8 heteroatoms. The predicted octanol–water partition coefficient (Wildman–Crippen LogP) is 1.59. The van der Waals surface area contributed by atoms with Crippen molar-refractivity contribution >= 4 is 17.7 Å². The van der Waals surface area contributed by atoms with Gasteiger partial charge >= 0.3 is 0 Å². The summed E-state index contributed by atoms with van der Waals surface area (Å²) in [6.07, 6.45) is 3.56. The Labute approximate surface area is 142 Å². The Morgan fingerprint density at radius 1 is 1.30 bits per heavy atom. The molecule has 3 rings (SSSR count). The molecule has 2 aliphatic rings. The summed E-state index contributed by atoms with van der Waals surface area (Å²) in [4.78, 5) is 2.28. The Morgan fingerprint density at radius 2 is 2.04 bits per heavy atom. The second-order valence-corrected chi connectivity index (χ2v) is 7.53. The number of methoxy groups -OCH3 is 1. The van der Waals surface area contributed by atoms with Gasteiger partial charge in [-0.15, -0.1) is 0 Å². The molecular weight excluding hydrogens is 314 g/mol. The van der Waals surface area contributed by atoms with Crippen LogP contribution in [0.3, 0.4) is 0 Å². The van der Waals surface area contributed by atoms with Crippen LogP contribution in [-0.4, -0.2) is 69.7 Å². The topological polar surface area (TPSA) is 65.3 Å². The zero-order valence-electron chi connectivity index (χ0n) is 14.3. The number of aromatic nitrogens is 4. The van der Waals surface area contributed by atoms with Crippen molar-refractivity contribution in [3.8, 4) is 0 Å². The van der Waals surface area contributed by atoms with Gasteiger partial charge in [-0.05, 0) is 35.4 Å². The van der Waals surface area contributed by atoms with Gasteiger partial charge in [-0.3, -0.25) is 0 Å². The van der Waals surface area contributed by atoms with Gasteiger partial charge in [0, 0.05) is 26.0 Å². The van der Waals surface area contributed by atoms with E-state index in [4.69, 9.17) is 9.47 Å². The molecule has 3 unspecified atom stereocenters. The van der Waals surface area contributed by atoms with Crippen LogP contribution in [-0.2, 0) is 16.0 Å². The first kappa shape index (κ1) is 17.0. The largest absolute Gasteiger partial charge is 0.375 e. The van der Waals surface area contributed by atoms with Crippen molar-refractivity contribution in [2.75, 3.05) is 36.6 Å². The highest BCUT2D eigenvalue weighted by molar-refractivity contribution is 7.99. The van der Waals surface area contributed by atoms with Gasteiger partial charge < -0.3 is 14.4 Å². The van der Waals surface area contributed by atoms with E-state index >= 15 is 0 Å². The highest BCUT2D eigenvalue weighted by Crippen LogP contribution is 2.33. The van der Waals surface area contributed by atoms with Crippen LogP contribution in [0.25, 0.3) is 0 Å². The molecule has 7 nitrogen and oxygen atoms in total. The Morgan fingerprint density at radius 3 is 2.61 bits per heavy atom. The van der Waals surface area contributed by atoms with E-state index in [1.54, 1.807) is 7.11 Å². The molecule has 3 heterocycles. The molecule has 1 aromatic rings. The molecule has 2 fully saturated rings. The van der Waals surface area contributed by atoms with Crippen LogP contribution in [0, 0.1) is 0 Å². The fraction of sp³-hybridized carbons (Fsp3) is 0.933. The smallest absolute Gasteiger partial charge is 0.245 e. The van der Waals surface area contributed by atoms with Gasteiger partial charge in [0.15, 0.2) is 0 Å². The first-order valence-corrected chi connectivity index (χ1v) is 9.64. The van der Waals surface area contributed by atoms with E-state index in [1.807, 2.05) is 16.4 Å². The monoisotopic (exact) mass is 341 g/mol. The van der Waals surface area contributed by atoms with E-state index < -0.39 is 0 Å². The maximum atomic E-state index is 6.08. The Balaban J connectivity index is 1.77. The second kappa shape index (κ2) is 7.36. The van der Waals surface area contributed by atoms with Crippen LogP contribution in [0.2, 0.25) is 0 Å². The lowest BCUT2D eigenvalue weighted by Crippen LogP contribution is -2.49. The van der Waals surface area contributed by atoms with Crippen molar-refractivity contribution in [1.29, 1.82) is 0 Å². The zero-order chi connectivity index (χ0) is 16.3. The summed E-state index contributed by atoms with van der Waals surface area (Å²) in [6.45, 7) is 6.74. The van der Waals surface area contributed by atoms with Gasteiger partial charge in [0.2, 0.25) is 5.95 Å². The molecule has 23 heavy (non-hydrogen) atoms. The van der Waals surface area contributed by atoms with Gasteiger partial charge in [-0.1, -0.05) is 18.9 Å². The van der Waals surface area contributed by atoms with Crippen molar-refractivity contribution in [1.82, 2.24) is 20.2 Å². The van der Waals surface area contributed by atoms with E-state index in [9.17, 15) is 0 Å². The van der Waals surface area contributed by atoms with Gasteiger partial charge in [0.25, 0.3) is 0 Å². The molecule has 0 aliphatic carbocycles. The number of hydrogen-bond donors (Lipinski definition) is 0. The van der Waals surface area contributed by atoms with Crippen molar-refractivity contribution in [2.45, 2.75) is 57.5 Å². The minimum atomic E-state index is -0.143. The highest BCUT2D eigenvalue weighted by atomic mass is 32.2. The summed E-state index contributed by atoms with van der Waals surface area (Å²) < 4.78 is 13.8. The third-order valence-electron chi connectivity index (χ3n) is 4.88. The molecule has 0 N–H and O–H groups in total. The number of rotatable bonds is 6. The summed E-state index contributed by atoms with van der Waals surface area (Å²) >= 11 is 1.94. The van der Waals surface area contributed by atoms with Gasteiger partial charge in [-0.2, -0.15) is 11.8 Å². The van der Waals surface area contributed by atoms with E-state index in [1.165, 1.54) is 0 Å². The van der Waals surface area contributed by atoms with E-state index in [0.717, 1.165) is 49.8 Å². The summed E-state index contributed by atoms with van der Waals surface area (Å²) in [5.41, 5.74) is -0.143. The number of hydrogen-bond acceptors (Lipinski definition) is 7.